The second-order valence-corrected chi connectivity index (χ2v) is 8.18. The first kappa shape index (κ1) is 22.2. The van der Waals surface area contributed by atoms with Gasteiger partial charge >= 0.3 is 0 Å². The Kier molecular flexibility index (Phi) is 7.30. The maximum atomic E-state index is 12.6. The summed E-state index contributed by atoms with van der Waals surface area (Å²) >= 11 is 12.1. The molecule has 7 heteroatoms. The third kappa shape index (κ3) is 5.42. The van der Waals surface area contributed by atoms with Crippen LogP contribution in [-0.2, 0) is 13.1 Å². The number of imidazole rings is 1. The lowest BCUT2D eigenvalue weighted by Gasteiger charge is -2.11. The average molecular weight is 468 g/mol. The van der Waals surface area contributed by atoms with Crippen LogP contribution in [0, 0.1) is 0 Å². The van der Waals surface area contributed by atoms with E-state index in [9.17, 15) is 4.79 Å². The second kappa shape index (κ2) is 10.5. The van der Waals surface area contributed by atoms with Gasteiger partial charge in [-0.25, -0.2) is 4.98 Å². The van der Waals surface area contributed by atoms with Gasteiger partial charge in [0.1, 0.15) is 11.6 Å². The Labute approximate surface area is 196 Å². The van der Waals surface area contributed by atoms with Crippen molar-refractivity contribution in [1.29, 1.82) is 0 Å². The summed E-state index contributed by atoms with van der Waals surface area (Å²) in [7, 11) is 0. The van der Waals surface area contributed by atoms with Gasteiger partial charge in [-0.15, -0.1) is 0 Å². The fourth-order valence-corrected chi connectivity index (χ4v) is 3.85. The molecule has 1 N–H and O–H groups in total. The molecule has 0 saturated heterocycles. The van der Waals surface area contributed by atoms with E-state index in [1.54, 1.807) is 24.3 Å². The van der Waals surface area contributed by atoms with Crippen molar-refractivity contribution < 1.29 is 9.53 Å². The molecule has 32 heavy (non-hydrogen) atoms. The van der Waals surface area contributed by atoms with Gasteiger partial charge in [0.2, 0.25) is 0 Å². The molecule has 0 spiro atoms. The molecular formula is C25H23Cl2N3O2. The fourth-order valence-electron chi connectivity index (χ4n) is 3.50. The van der Waals surface area contributed by atoms with Crippen molar-refractivity contribution in [1.82, 2.24) is 14.9 Å². The van der Waals surface area contributed by atoms with Gasteiger partial charge in [0.15, 0.2) is 0 Å². The number of halogens is 2. The van der Waals surface area contributed by atoms with Crippen molar-refractivity contribution in [2.75, 3.05) is 6.61 Å². The van der Waals surface area contributed by atoms with Crippen molar-refractivity contribution in [3.05, 3.63) is 94.2 Å². The Morgan fingerprint density at radius 3 is 2.50 bits per heavy atom. The number of rotatable bonds is 9. The minimum atomic E-state index is -0.217. The summed E-state index contributed by atoms with van der Waals surface area (Å²) in [6.07, 6.45) is 1.81. The number of aromatic nitrogens is 2. The van der Waals surface area contributed by atoms with E-state index < -0.39 is 0 Å². The Morgan fingerprint density at radius 2 is 1.69 bits per heavy atom. The molecule has 1 amide bonds. The summed E-state index contributed by atoms with van der Waals surface area (Å²) in [5.41, 5.74) is 2.41. The molecule has 1 heterocycles. The van der Waals surface area contributed by atoms with E-state index in [1.165, 1.54) is 0 Å². The van der Waals surface area contributed by atoms with Crippen LogP contribution in [-0.4, -0.2) is 22.1 Å². The number of nitrogens with one attached hydrogen (secondary N) is 1. The number of hydrogen-bond acceptors (Lipinski definition) is 3. The number of benzene rings is 3. The number of hydrogen-bond donors (Lipinski definition) is 1. The van der Waals surface area contributed by atoms with Crippen molar-refractivity contribution >= 4 is 40.1 Å². The maximum Gasteiger partial charge on any atom is 0.253 e. The lowest BCUT2D eigenvalue weighted by molar-refractivity contribution is 0.0949. The zero-order valence-electron chi connectivity index (χ0n) is 17.4. The van der Waals surface area contributed by atoms with E-state index in [1.807, 2.05) is 48.5 Å². The van der Waals surface area contributed by atoms with Crippen molar-refractivity contribution in [2.45, 2.75) is 25.9 Å². The first-order valence-electron chi connectivity index (χ1n) is 10.5. The number of para-hydroxylation sites is 2. The molecule has 0 radical (unpaired) electrons. The summed E-state index contributed by atoms with van der Waals surface area (Å²) in [6, 6.07) is 22.4. The molecule has 0 aliphatic heterocycles. The quantitative estimate of drug-likeness (QED) is 0.301. The van der Waals surface area contributed by atoms with Gasteiger partial charge in [-0.2, -0.15) is 0 Å². The Morgan fingerprint density at radius 1 is 0.938 bits per heavy atom. The first-order chi connectivity index (χ1) is 15.6. The van der Waals surface area contributed by atoms with Crippen LogP contribution in [0.3, 0.4) is 0 Å². The summed E-state index contributed by atoms with van der Waals surface area (Å²) in [5, 5.41) is 4.07. The minimum Gasteiger partial charge on any atom is -0.494 e. The molecule has 4 aromatic rings. The van der Waals surface area contributed by atoms with Gasteiger partial charge in [0.25, 0.3) is 5.91 Å². The van der Waals surface area contributed by atoms with Crippen LogP contribution in [0.25, 0.3) is 11.0 Å². The van der Waals surface area contributed by atoms with Crippen LogP contribution < -0.4 is 10.1 Å². The van der Waals surface area contributed by atoms with Crippen LogP contribution in [0.15, 0.2) is 72.8 Å². The number of nitrogens with zero attached hydrogens (tertiary/aromatic N) is 2. The summed E-state index contributed by atoms with van der Waals surface area (Å²) < 4.78 is 7.94. The minimum absolute atomic E-state index is 0.217. The van der Waals surface area contributed by atoms with Crippen molar-refractivity contribution in [2.24, 2.45) is 0 Å². The van der Waals surface area contributed by atoms with E-state index in [-0.39, 0.29) is 5.91 Å². The van der Waals surface area contributed by atoms with E-state index >= 15 is 0 Å². The molecule has 5 nitrogen and oxygen atoms in total. The van der Waals surface area contributed by atoms with E-state index in [0.29, 0.717) is 28.8 Å². The highest BCUT2D eigenvalue weighted by atomic mass is 35.5. The van der Waals surface area contributed by atoms with Gasteiger partial charge in [0, 0.05) is 11.6 Å². The molecule has 3 aromatic carbocycles. The topological polar surface area (TPSA) is 56.2 Å². The standard InChI is InChI=1S/C25H23Cl2N3O2/c26-18-11-13-19(14-12-18)32-16-6-5-15-30-23-10-4-3-9-22(23)29-24(30)17-28-25(31)20-7-1-2-8-21(20)27/h1-4,7-14H,5-6,15-17H2,(H,28,31). The summed E-state index contributed by atoms with van der Waals surface area (Å²) in [6.45, 7) is 1.72. The SMILES string of the molecule is O=C(NCc1nc2ccccc2n1CCCCOc1ccc(Cl)cc1)c1ccccc1Cl. The number of carbonyl (C=O) groups excluding carboxylic acids is 1. The van der Waals surface area contributed by atoms with Gasteiger partial charge in [-0.3, -0.25) is 4.79 Å². The van der Waals surface area contributed by atoms with E-state index in [4.69, 9.17) is 32.9 Å². The molecule has 1 aromatic heterocycles. The lowest BCUT2D eigenvalue weighted by atomic mass is 10.2. The number of ether oxygens (including phenoxy) is 1. The summed E-state index contributed by atoms with van der Waals surface area (Å²) in [4.78, 5) is 17.3. The average Bonchev–Trinajstić information content (AvgIpc) is 3.16. The summed E-state index contributed by atoms with van der Waals surface area (Å²) in [5.74, 6) is 1.40. The second-order valence-electron chi connectivity index (χ2n) is 7.34. The van der Waals surface area contributed by atoms with Crippen LogP contribution in [0.1, 0.15) is 29.0 Å². The molecular weight excluding hydrogens is 445 g/mol. The molecule has 0 aliphatic carbocycles. The number of amides is 1. The first-order valence-corrected chi connectivity index (χ1v) is 11.2. The zero-order chi connectivity index (χ0) is 22.3. The van der Waals surface area contributed by atoms with Crippen molar-refractivity contribution in [3.8, 4) is 5.75 Å². The molecule has 0 unspecified atom stereocenters. The molecule has 0 atom stereocenters. The molecule has 164 valence electrons. The van der Waals surface area contributed by atoms with Crippen LogP contribution >= 0.6 is 23.2 Å². The zero-order valence-corrected chi connectivity index (χ0v) is 18.9. The molecule has 0 saturated carbocycles. The highest BCUT2D eigenvalue weighted by Crippen LogP contribution is 2.19. The predicted molar refractivity (Wildman–Crippen MR) is 129 cm³/mol. The number of unbranched alkanes of at least 4 members (excludes halogenated alkanes) is 1. The predicted octanol–water partition coefficient (Wildman–Crippen LogP) is 6.13. The molecule has 0 bridgehead atoms. The van der Waals surface area contributed by atoms with Gasteiger partial charge in [-0.05, 0) is 61.4 Å². The van der Waals surface area contributed by atoms with Gasteiger partial charge < -0.3 is 14.6 Å². The smallest absolute Gasteiger partial charge is 0.253 e. The van der Waals surface area contributed by atoms with Crippen LogP contribution in [0.2, 0.25) is 10.0 Å². The number of aryl methyl sites for hydroxylation is 1. The lowest BCUT2D eigenvalue weighted by Crippen LogP contribution is -2.25. The van der Waals surface area contributed by atoms with Gasteiger partial charge in [-0.1, -0.05) is 47.5 Å². The molecule has 4 rings (SSSR count). The van der Waals surface area contributed by atoms with Gasteiger partial charge in [0.05, 0.1) is 34.8 Å². The van der Waals surface area contributed by atoms with E-state index in [2.05, 4.69) is 9.88 Å². The van der Waals surface area contributed by atoms with E-state index in [0.717, 1.165) is 42.0 Å². The third-order valence-electron chi connectivity index (χ3n) is 5.12. The van der Waals surface area contributed by atoms with Crippen molar-refractivity contribution in [3.63, 3.8) is 0 Å². The third-order valence-corrected chi connectivity index (χ3v) is 5.70. The Balaban J connectivity index is 1.38. The highest BCUT2D eigenvalue weighted by molar-refractivity contribution is 6.33. The Bertz CT molecular complexity index is 1210. The fraction of sp³-hybridized carbons (Fsp3) is 0.200. The Hall–Kier alpha value is -3.02. The molecule has 0 fully saturated rings. The van der Waals surface area contributed by atoms with Crippen LogP contribution in [0.4, 0.5) is 0 Å². The highest BCUT2D eigenvalue weighted by Gasteiger charge is 2.13. The molecule has 0 aliphatic rings. The normalized spacial score (nSPS) is 10.9. The van der Waals surface area contributed by atoms with Crippen LogP contribution in [0.5, 0.6) is 5.75 Å². The largest absolute Gasteiger partial charge is 0.494 e. The number of carbonyl (C=O) groups is 1. The monoisotopic (exact) mass is 467 g/mol. The maximum absolute atomic E-state index is 12.6. The number of fused-ring (bicyclic) bond motifs is 1.